The fourth-order valence-electron chi connectivity index (χ4n) is 2.18. The molecule has 19 heavy (non-hydrogen) atoms. The lowest BCUT2D eigenvalue weighted by Crippen LogP contribution is -2.11. The second-order valence-electron chi connectivity index (χ2n) is 4.88. The number of benzene rings is 1. The lowest BCUT2D eigenvalue weighted by atomic mass is 9.94. The number of nitrogens with two attached hydrogens (primary N) is 1. The van der Waals surface area contributed by atoms with Crippen LogP contribution in [0, 0.1) is 11.7 Å². The van der Waals surface area contributed by atoms with E-state index in [1.807, 2.05) is 0 Å². The van der Waals surface area contributed by atoms with Crippen molar-refractivity contribution in [3.8, 4) is 0 Å². The van der Waals surface area contributed by atoms with Gasteiger partial charge in [-0.05, 0) is 49.1 Å². The van der Waals surface area contributed by atoms with E-state index in [1.165, 1.54) is 12.1 Å². The SMILES string of the molecule is CCC(CCN)CCC(=O)Cc1cc(F)cc(Br)c1. The summed E-state index contributed by atoms with van der Waals surface area (Å²) in [6, 6.07) is 4.60. The lowest BCUT2D eigenvalue weighted by molar-refractivity contribution is -0.118. The third-order valence-electron chi connectivity index (χ3n) is 3.31. The Balaban J connectivity index is 2.46. The van der Waals surface area contributed by atoms with Crippen molar-refractivity contribution in [2.45, 2.75) is 39.0 Å². The van der Waals surface area contributed by atoms with Gasteiger partial charge in [0.1, 0.15) is 11.6 Å². The molecular formula is C15H21BrFNO. The Bertz CT molecular complexity index is 402. The Morgan fingerprint density at radius 1 is 1.37 bits per heavy atom. The van der Waals surface area contributed by atoms with Crippen LogP contribution in [0.3, 0.4) is 0 Å². The van der Waals surface area contributed by atoms with Crippen LogP contribution < -0.4 is 5.73 Å². The van der Waals surface area contributed by atoms with E-state index >= 15 is 0 Å². The Hall–Kier alpha value is -0.740. The Kier molecular flexibility index (Phi) is 7.24. The number of hydrogen-bond acceptors (Lipinski definition) is 2. The van der Waals surface area contributed by atoms with Crippen molar-refractivity contribution < 1.29 is 9.18 Å². The van der Waals surface area contributed by atoms with Crippen LogP contribution in [0.2, 0.25) is 0 Å². The van der Waals surface area contributed by atoms with E-state index in [0.29, 0.717) is 29.8 Å². The average molecular weight is 330 g/mol. The van der Waals surface area contributed by atoms with Crippen molar-refractivity contribution in [2.24, 2.45) is 11.7 Å². The molecular weight excluding hydrogens is 309 g/mol. The van der Waals surface area contributed by atoms with Crippen molar-refractivity contribution in [1.82, 2.24) is 0 Å². The van der Waals surface area contributed by atoms with E-state index in [0.717, 1.165) is 24.8 Å². The first-order valence-corrected chi connectivity index (χ1v) is 7.51. The topological polar surface area (TPSA) is 43.1 Å². The van der Waals surface area contributed by atoms with Crippen LogP contribution in [0.25, 0.3) is 0 Å². The van der Waals surface area contributed by atoms with Crippen LogP contribution in [0.15, 0.2) is 22.7 Å². The summed E-state index contributed by atoms with van der Waals surface area (Å²) in [4.78, 5) is 11.9. The molecule has 4 heteroatoms. The third-order valence-corrected chi connectivity index (χ3v) is 3.77. The first kappa shape index (κ1) is 16.3. The maximum atomic E-state index is 13.2. The minimum Gasteiger partial charge on any atom is -0.330 e. The highest BCUT2D eigenvalue weighted by Gasteiger charge is 2.10. The predicted molar refractivity (Wildman–Crippen MR) is 79.5 cm³/mol. The van der Waals surface area contributed by atoms with Crippen LogP contribution in [0.5, 0.6) is 0 Å². The quantitative estimate of drug-likeness (QED) is 0.787. The van der Waals surface area contributed by atoms with Crippen molar-refractivity contribution in [3.05, 3.63) is 34.1 Å². The third kappa shape index (κ3) is 6.30. The lowest BCUT2D eigenvalue weighted by Gasteiger charge is -2.12. The van der Waals surface area contributed by atoms with Gasteiger partial charge in [-0.3, -0.25) is 4.79 Å². The molecule has 1 aromatic rings. The Morgan fingerprint density at radius 2 is 2.11 bits per heavy atom. The number of rotatable bonds is 8. The predicted octanol–water partition coefficient (Wildman–Crippen LogP) is 3.86. The maximum absolute atomic E-state index is 13.2. The van der Waals surface area contributed by atoms with Gasteiger partial charge in [-0.1, -0.05) is 29.3 Å². The van der Waals surface area contributed by atoms with Crippen molar-refractivity contribution >= 4 is 21.7 Å². The summed E-state index contributed by atoms with van der Waals surface area (Å²) in [6.45, 7) is 2.79. The van der Waals surface area contributed by atoms with Gasteiger partial charge in [0.25, 0.3) is 0 Å². The van der Waals surface area contributed by atoms with Gasteiger partial charge in [-0.15, -0.1) is 0 Å². The van der Waals surface area contributed by atoms with Crippen molar-refractivity contribution in [1.29, 1.82) is 0 Å². The smallest absolute Gasteiger partial charge is 0.137 e. The molecule has 1 aromatic carbocycles. The fourth-order valence-corrected chi connectivity index (χ4v) is 2.70. The summed E-state index contributed by atoms with van der Waals surface area (Å²) in [6.07, 6.45) is 3.75. The summed E-state index contributed by atoms with van der Waals surface area (Å²) < 4.78 is 13.9. The van der Waals surface area contributed by atoms with E-state index in [9.17, 15) is 9.18 Å². The van der Waals surface area contributed by atoms with Crippen molar-refractivity contribution in [2.75, 3.05) is 6.54 Å². The van der Waals surface area contributed by atoms with E-state index in [2.05, 4.69) is 22.9 Å². The van der Waals surface area contributed by atoms with Gasteiger partial charge < -0.3 is 5.73 Å². The molecule has 1 atom stereocenters. The molecule has 0 saturated carbocycles. The van der Waals surface area contributed by atoms with Gasteiger partial charge in [-0.25, -0.2) is 4.39 Å². The van der Waals surface area contributed by atoms with Gasteiger partial charge in [0.05, 0.1) is 0 Å². The highest BCUT2D eigenvalue weighted by atomic mass is 79.9. The number of carbonyl (C=O) groups excluding carboxylic acids is 1. The normalized spacial score (nSPS) is 12.4. The summed E-state index contributed by atoms with van der Waals surface area (Å²) >= 11 is 3.23. The second-order valence-corrected chi connectivity index (χ2v) is 5.80. The molecule has 0 fully saturated rings. The second kappa shape index (κ2) is 8.43. The molecule has 0 bridgehead atoms. The first-order chi connectivity index (χ1) is 9.05. The number of hydrogen-bond donors (Lipinski definition) is 1. The molecule has 2 nitrogen and oxygen atoms in total. The van der Waals surface area contributed by atoms with Crippen LogP contribution in [-0.2, 0) is 11.2 Å². The highest BCUT2D eigenvalue weighted by Crippen LogP contribution is 2.18. The number of carbonyl (C=O) groups is 1. The summed E-state index contributed by atoms with van der Waals surface area (Å²) in [5.74, 6) is 0.368. The standard InChI is InChI=1S/C15H21BrFNO/c1-2-11(5-6-18)3-4-15(19)9-12-7-13(16)10-14(17)8-12/h7-8,10-11H,2-6,9,18H2,1H3. The van der Waals surface area contributed by atoms with E-state index < -0.39 is 0 Å². The molecule has 0 radical (unpaired) electrons. The molecule has 0 aliphatic heterocycles. The Labute approximate surface area is 122 Å². The van der Waals surface area contributed by atoms with E-state index in [1.54, 1.807) is 6.07 Å². The van der Waals surface area contributed by atoms with Gasteiger partial charge >= 0.3 is 0 Å². The minimum atomic E-state index is -0.313. The van der Waals surface area contributed by atoms with Crippen LogP contribution in [-0.4, -0.2) is 12.3 Å². The molecule has 2 N–H and O–H groups in total. The van der Waals surface area contributed by atoms with Gasteiger partial charge in [0.2, 0.25) is 0 Å². The number of ketones is 1. The molecule has 106 valence electrons. The highest BCUT2D eigenvalue weighted by molar-refractivity contribution is 9.10. The molecule has 1 unspecified atom stereocenters. The van der Waals surface area contributed by atoms with Gasteiger partial charge in [-0.2, -0.15) is 0 Å². The average Bonchev–Trinajstić information content (AvgIpc) is 2.33. The zero-order valence-electron chi connectivity index (χ0n) is 11.3. The summed E-state index contributed by atoms with van der Waals surface area (Å²) in [5.41, 5.74) is 6.26. The maximum Gasteiger partial charge on any atom is 0.137 e. The molecule has 0 heterocycles. The Morgan fingerprint density at radius 3 is 2.68 bits per heavy atom. The fraction of sp³-hybridized carbons (Fsp3) is 0.533. The number of Topliss-reactive ketones (excluding diaryl/α,β-unsaturated/α-hetero) is 1. The molecule has 0 spiro atoms. The number of halogens is 2. The van der Waals surface area contributed by atoms with E-state index in [-0.39, 0.29) is 11.6 Å². The zero-order chi connectivity index (χ0) is 14.3. The molecule has 1 rings (SSSR count). The van der Waals surface area contributed by atoms with Crippen LogP contribution in [0.4, 0.5) is 4.39 Å². The van der Waals surface area contributed by atoms with E-state index in [4.69, 9.17) is 5.73 Å². The first-order valence-electron chi connectivity index (χ1n) is 6.71. The summed E-state index contributed by atoms with van der Waals surface area (Å²) in [7, 11) is 0. The molecule has 0 aliphatic rings. The largest absolute Gasteiger partial charge is 0.330 e. The van der Waals surface area contributed by atoms with Gasteiger partial charge in [0.15, 0.2) is 0 Å². The van der Waals surface area contributed by atoms with Gasteiger partial charge in [0, 0.05) is 17.3 Å². The summed E-state index contributed by atoms with van der Waals surface area (Å²) in [5, 5.41) is 0. The van der Waals surface area contributed by atoms with Crippen LogP contribution >= 0.6 is 15.9 Å². The molecule has 0 aliphatic carbocycles. The minimum absolute atomic E-state index is 0.160. The van der Waals surface area contributed by atoms with Crippen LogP contribution in [0.1, 0.15) is 38.2 Å². The molecule has 0 aromatic heterocycles. The monoisotopic (exact) mass is 329 g/mol. The van der Waals surface area contributed by atoms with Crippen molar-refractivity contribution in [3.63, 3.8) is 0 Å². The zero-order valence-corrected chi connectivity index (χ0v) is 12.9. The molecule has 0 amide bonds. The molecule has 0 saturated heterocycles.